The van der Waals surface area contributed by atoms with Crippen molar-refractivity contribution < 1.29 is 19.1 Å². The minimum absolute atomic E-state index is 0.200. The van der Waals surface area contributed by atoms with Crippen LogP contribution in [0.4, 0.5) is 4.79 Å². The van der Waals surface area contributed by atoms with Gasteiger partial charge in [-0.3, -0.25) is 0 Å². The summed E-state index contributed by atoms with van der Waals surface area (Å²) < 4.78 is 5.27. The zero-order valence-corrected chi connectivity index (χ0v) is 14.4. The number of alkyl carbamates (subject to hydrolysis) is 1. The Balaban J connectivity index is 2.17. The van der Waals surface area contributed by atoms with Crippen molar-refractivity contribution in [2.75, 3.05) is 19.6 Å². The summed E-state index contributed by atoms with van der Waals surface area (Å²) in [7, 11) is 0. The van der Waals surface area contributed by atoms with Gasteiger partial charge in [0.1, 0.15) is 6.10 Å². The third-order valence-corrected chi connectivity index (χ3v) is 3.87. The molecule has 0 aromatic heterocycles. The molecule has 1 aliphatic rings. The Hall–Kier alpha value is -2.49. The number of amides is 1. The van der Waals surface area contributed by atoms with Gasteiger partial charge in [-0.2, -0.15) is 0 Å². The molecule has 1 amide bonds. The highest BCUT2D eigenvalue weighted by Crippen LogP contribution is 2.15. The van der Waals surface area contributed by atoms with Crippen LogP contribution >= 0.6 is 0 Å². The van der Waals surface area contributed by atoms with Gasteiger partial charge in [-0.1, -0.05) is 24.6 Å². The average molecular weight is 347 g/mol. The van der Waals surface area contributed by atoms with E-state index in [0.29, 0.717) is 26.1 Å². The SMILES string of the molecule is O=C=NCCCCC(CCCNC(=O)OC1C=CC=CC1)CN=C=O. The van der Waals surface area contributed by atoms with Crippen molar-refractivity contribution in [3.05, 3.63) is 24.3 Å². The van der Waals surface area contributed by atoms with E-state index in [-0.39, 0.29) is 12.0 Å². The lowest BCUT2D eigenvalue weighted by atomic mass is 9.96. The third-order valence-electron chi connectivity index (χ3n) is 3.87. The van der Waals surface area contributed by atoms with Crippen molar-refractivity contribution in [3.63, 3.8) is 0 Å². The molecule has 1 aliphatic carbocycles. The van der Waals surface area contributed by atoms with Gasteiger partial charge in [0.15, 0.2) is 0 Å². The number of allylic oxidation sites excluding steroid dienone is 2. The molecule has 0 spiro atoms. The van der Waals surface area contributed by atoms with E-state index in [2.05, 4.69) is 15.3 Å². The van der Waals surface area contributed by atoms with Gasteiger partial charge in [0, 0.05) is 13.0 Å². The molecule has 136 valence electrons. The number of carbonyl (C=O) groups excluding carboxylic acids is 3. The first-order valence-electron chi connectivity index (χ1n) is 8.61. The first kappa shape index (κ1) is 20.6. The number of hydrogen-bond donors (Lipinski definition) is 1. The summed E-state index contributed by atoms with van der Waals surface area (Å²) >= 11 is 0. The number of nitrogens with one attached hydrogen (secondary N) is 1. The van der Waals surface area contributed by atoms with E-state index in [0.717, 1.165) is 32.1 Å². The molecule has 1 rings (SSSR count). The van der Waals surface area contributed by atoms with Crippen LogP contribution in [0.1, 0.15) is 38.5 Å². The number of carbonyl (C=O) groups is 1. The Morgan fingerprint density at radius 2 is 1.96 bits per heavy atom. The fourth-order valence-electron chi connectivity index (χ4n) is 2.57. The minimum atomic E-state index is -0.417. The second-order valence-corrected chi connectivity index (χ2v) is 5.83. The number of aliphatic imine (C=N–C) groups is 2. The average Bonchev–Trinajstić information content (AvgIpc) is 2.63. The van der Waals surface area contributed by atoms with Crippen molar-refractivity contribution >= 4 is 18.3 Å². The summed E-state index contributed by atoms with van der Waals surface area (Å²) in [5, 5.41) is 2.74. The molecule has 0 aromatic rings. The van der Waals surface area contributed by atoms with Gasteiger partial charge in [0.25, 0.3) is 0 Å². The molecule has 25 heavy (non-hydrogen) atoms. The number of ether oxygens (including phenoxy) is 1. The predicted octanol–water partition coefficient (Wildman–Crippen LogP) is 2.84. The Morgan fingerprint density at radius 1 is 1.16 bits per heavy atom. The van der Waals surface area contributed by atoms with E-state index in [9.17, 15) is 14.4 Å². The molecule has 7 nitrogen and oxygen atoms in total. The van der Waals surface area contributed by atoms with Crippen LogP contribution in [0.15, 0.2) is 34.3 Å². The van der Waals surface area contributed by atoms with Crippen molar-refractivity contribution in [1.82, 2.24) is 5.32 Å². The predicted molar refractivity (Wildman–Crippen MR) is 93.7 cm³/mol. The van der Waals surface area contributed by atoms with Gasteiger partial charge in [-0.25, -0.2) is 24.4 Å². The van der Waals surface area contributed by atoms with Gasteiger partial charge < -0.3 is 10.1 Å². The third kappa shape index (κ3) is 10.8. The molecule has 0 saturated heterocycles. The highest BCUT2D eigenvalue weighted by atomic mass is 16.6. The molecule has 1 N–H and O–H groups in total. The Morgan fingerprint density at radius 3 is 2.68 bits per heavy atom. The topological polar surface area (TPSA) is 97.2 Å². The van der Waals surface area contributed by atoms with E-state index in [4.69, 9.17) is 4.74 Å². The van der Waals surface area contributed by atoms with Crippen LogP contribution in [0, 0.1) is 5.92 Å². The zero-order chi connectivity index (χ0) is 18.2. The lowest BCUT2D eigenvalue weighted by molar-refractivity contribution is 0.120. The first-order valence-corrected chi connectivity index (χ1v) is 8.61. The van der Waals surface area contributed by atoms with Crippen LogP contribution in [0.5, 0.6) is 0 Å². The summed E-state index contributed by atoms with van der Waals surface area (Å²) in [4.78, 5) is 39.2. The summed E-state index contributed by atoms with van der Waals surface area (Å²) in [6.45, 7) is 1.43. The maximum Gasteiger partial charge on any atom is 0.407 e. The van der Waals surface area contributed by atoms with Gasteiger partial charge in [-0.15, -0.1) is 0 Å². The first-order chi connectivity index (χ1) is 12.3. The number of hydrogen-bond acceptors (Lipinski definition) is 6. The lowest BCUT2D eigenvalue weighted by Crippen LogP contribution is -2.29. The number of unbranched alkanes of at least 4 members (excludes halogenated alkanes) is 1. The summed E-state index contributed by atoms with van der Waals surface area (Å²) in [5.74, 6) is 0.255. The Labute approximate surface area is 147 Å². The molecule has 0 aliphatic heterocycles. The summed E-state index contributed by atoms with van der Waals surface area (Å²) in [6, 6.07) is 0. The number of nitrogens with zero attached hydrogens (tertiary/aromatic N) is 2. The summed E-state index contributed by atoms with van der Waals surface area (Å²) in [6.07, 6.45) is 15.0. The molecule has 0 fully saturated rings. The van der Waals surface area contributed by atoms with Crippen molar-refractivity contribution in [3.8, 4) is 0 Å². The largest absolute Gasteiger partial charge is 0.442 e. The smallest absolute Gasteiger partial charge is 0.407 e. The van der Waals surface area contributed by atoms with E-state index in [1.165, 1.54) is 6.08 Å². The van der Waals surface area contributed by atoms with E-state index in [1.807, 2.05) is 24.3 Å². The number of isocyanates is 2. The van der Waals surface area contributed by atoms with E-state index in [1.54, 1.807) is 6.08 Å². The van der Waals surface area contributed by atoms with Crippen LogP contribution in [0.2, 0.25) is 0 Å². The maximum absolute atomic E-state index is 11.7. The Bertz CT molecular complexity index is 547. The second-order valence-electron chi connectivity index (χ2n) is 5.83. The maximum atomic E-state index is 11.7. The second kappa shape index (κ2) is 13.9. The fourth-order valence-corrected chi connectivity index (χ4v) is 2.57. The van der Waals surface area contributed by atoms with Gasteiger partial charge in [0.2, 0.25) is 12.2 Å². The van der Waals surface area contributed by atoms with Crippen LogP contribution in [-0.4, -0.2) is 44.0 Å². The van der Waals surface area contributed by atoms with Gasteiger partial charge >= 0.3 is 6.09 Å². The van der Waals surface area contributed by atoms with Crippen LogP contribution < -0.4 is 5.32 Å². The lowest BCUT2D eigenvalue weighted by Gasteiger charge is -2.16. The molecule has 7 heteroatoms. The van der Waals surface area contributed by atoms with Crippen LogP contribution in [0.3, 0.4) is 0 Å². The highest BCUT2D eigenvalue weighted by Gasteiger charge is 2.12. The molecular weight excluding hydrogens is 322 g/mol. The quantitative estimate of drug-likeness (QED) is 0.333. The van der Waals surface area contributed by atoms with Gasteiger partial charge in [-0.05, 0) is 37.7 Å². The molecule has 2 unspecified atom stereocenters. The normalized spacial score (nSPS) is 16.4. The molecule has 0 heterocycles. The number of rotatable bonds is 12. The van der Waals surface area contributed by atoms with Crippen LogP contribution in [-0.2, 0) is 14.3 Å². The zero-order valence-electron chi connectivity index (χ0n) is 14.4. The van der Waals surface area contributed by atoms with E-state index >= 15 is 0 Å². The Kier molecular flexibility index (Phi) is 11.4. The van der Waals surface area contributed by atoms with Gasteiger partial charge in [0.05, 0.1) is 13.1 Å². The van der Waals surface area contributed by atoms with Crippen molar-refractivity contribution in [1.29, 1.82) is 0 Å². The van der Waals surface area contributed by atoms with Crippen molar-refractivity contribution in [2.24, 2.45) is 15.9 Å². The monoisotopic (exact) mass is 347 g/mol. The highest BCUT2D eigenvalue weighted by molar-refractivity contribution is 5.67. The molecule has 2 atom stereocenters. The minimum Gasteiger partial charge on any atom is -0.442 e. The summed E-state index contributed by atoms with van der Waals surface area (Å²) in [5.41, 5.74) is 0. The molecule has 0 radical (unpaired) electrons. The molecule has 0 saturated carbocycles. The molecular formula is C18H25N3O4. The fraction of sp³-hybridized carbons (Fsp3) is 0.611. The standard InChI is InChI=1S/C18H25N3O4/c22-14-19-11-5-4-7-16(13-20-15-23)8-6-12-21-18(24)25-17-9-2-1-3-10-17/h1-3,9,16-17H,4-8,10-13H2,(H,21,24). The van der Waals surface area contributed by atoms with Crippen LogP contribution in [0.25, 0.3) is 0 Å². The van der Waals surface area contributed by atoms with Crippen molar-refractivity contribution in [2.45, 2.75) is 44.6 Å². The molecule has 0 bridgehead atoms. The van der Waals surface area contributed by atoms with E-state index < -0.39 is 6.09 Å². The molecule has 0 aromatic carbocycles.